The van der Waals surface area contributed by atoms with Crippen LogP contribution in [0.2, 0.25) is 0 Å². The van der Waals surface area contributed by atoms with Crippen LogP contribution in [0.3, 0.4) is 0 Å². The first-order valence-corrected chi connectivity index (χ1v) is 8.89. The Bertz CT molecular complexity index is 1150. The highest BCUT2D eigenvalue weighted by atomic mass is 32.1. The summed E-state index contributed by atoms with van der Waals surface area (Å²) in [5.74, 6) is 0.977. The molecule has 0 radical (unpaired) electrons. The lowest BCUT2D eigenvalue weighted by atomic mass is 10.3. The van der Waals surface area contributed by atoms with E-state index in [9.17, 15) is 10.1 Å². The number of anilines is 2. The first kappa shape index (κ1) is 17.6. The average molecular weight is 395 g/mol. The van der Waals surface area contributed by atoms with Crippen molar-refractivity contribution in [3.8, 4) is 17.4 Å². The summed E-state index contributed by atoms with van der Waals surface area (Å²) in [6.45, 7) is 0. The summed E-state index contributed by atoms with van der Waals surface area (Å²) in [5.41, 5.74) is 0.369. The maximum atomic E-state index is 11.7. The average Bonchev–Trinajstić information content (AvgIpc) is 3.10. The topological polar surface area (TPSA) is 112 Å². The molecule has 0 bridgehead atoms. The summed E-state index contributed by atoms with van der Waals surface area (Å²) >= 11 is 1.33. The summed E-state index contributed by atoms with van der Waals surface area (Å²) < 4.78 is 11.7. The summed E-state index contributed by atoms with van der Waals surface area (Å²) in [5, 5.41) is 15.0. The van der Waals surface area contributed by atoms with Gasteiger partial charge in [0.05, 0.1) is 22.2 Å². The van der Waals surface area contributed by atoms with Crippen LogP contribution in [-0.4, -0.2) is 27.0 Å². The molecule has 10 heteroatoms. The van der Waals surface area contributed by atoms with E-state index in [4.69, 9.17) is 9.47 Å². The van der Waals surface area contributed by atoms with Crippen molar-refractivity contribution in [2.45, 2.75) is 0 Å². The van der Waals surface area contributed by atoms with Crippen molar-refractivity contribution < 1.29 is 14.4 Å². The maximum absolute atomic E-state index is 11.7. The molecule has 0 amide bonds. The van der Waals surface area contributed by atoms with E-state index >= 15 is 0 Å². The van der Waals surface area contributed by atoms with Crippen molar-refractivity contribution in [3.63, 3.8) is 0 Å². The quantitative estimate of drug-likeness (QED) is 0.374. The molecule has 0 saturated carbocycles. The van der Waals surface area contributed by atoms with Gasteiger partial charge in [0.15, 0.2) is 5.13 Å². The Morgan fingerprint density at radius 2 is 1.93 bits per heavy atom. The summed E-state index contributed by atoms with van der Waals surface area (Å²) in [4.78, 5) is 23.4. The van der Waals surface area contributed by atoms with E-state index < -0.39 is 4.92 Å². The molecule has 0 saturated heterocycles. The van der Waals surface area contributed by atoms with E-state index in [1.165, 1.54) is 17.7 Å². The lowest BCUT2D eigenvalue weighted by Crippen LogP contribution is -2.03. The fraction of sp³-hybridized carbons (Fsp3) is 0.0556. The van der Waals surface area contributed by atoms with Gasteiger partial charge in [-0.15, -0.1) is 0 Å². The minimum Gasteiger partial charge on any atom is -0.497 e. The predicted octanol–water partition coefficient (Wildman–Crippen LogP) is 4.54. The molecule has 2 aromatic carbocycles. The fourth-order valence-electron chi connectivity index (χ4n) is 2.48. The van der Waals surface area contributed by atoms with Crippen molar-refractivity contribution in [1.82, 2.24) is 15.0 Å². The van der Waals surface area contributed by atoms with Gasteiger partial charge >= 0.3 is 11.6 Å². The number of fused-ring (bicyclic) bond motifs is 1. The Morgan fingerprint density at radius 1 is 1.11 bits per heavy atom. The Hall–Kier alpha value is -3.79. The number of rotatable bonds is 6. The second-order valence-electron chi connectivity index (χ2n) is 5.53. The van der Waals surface area contributed by atoms with Gasteiger partial charge in [-0.3, -0.25) is 10.1 Å². The molecule has 0 fully saturated rings. The third-order valence-corrected chi connectivity index (χ3v) is 4.68. The van der Waals surface area contributed by atoms with Crippen molar-refractivity contribution in [3.05, 3.63) is 65.0 Å². The standard InChI is InChI=1S/C18H13N5O4S/c1-26-12-7-8-13-14(9-12)28-18(21-13)22-16-15(23(24)25)17(20-10-19-16)27-11-5-3-2-4-6-11/h2-10H,1H3,(H,19,20,21,22). The van der Waals surface area contributed by atoms with E-state index in [0.29, 0.717) is 16.6 Å². The van der Waals surface area contributed by atoms with Crippen LogP contribution in [0.4, 0.5) is 16.6 Å². The Balaban J connectivity index is 1.69. The highest BCUT2D eigenvalue weighted by molar-refractivity contribution is 7.22. The minimum atomic E-state index is -0.586. The number of para-hydroxylation sites is 1. The number of nitro groups is 1. The minimum absolute atomic E-state index is 0.00282. The second-order valence-corrected chi connectivity index (χ2v) is 6.56. The van der Waals surface area contributed by atoms with Gasteiger partial charge in [-0.05, 0) is 30.3 Å². The van der Waals surface area contributed by atoms with Gasteiger partial charge in [-0.25, -0.2) is 9.97 Å². The number of nitrogens with zero attached hydrogens (tertiary/aromatic N) is 4. The molecule has 0 atom stereocenters. The monoisotopic (exact) mass is 395 g/mol. The highest BCUT2D eigenvalue weighted by Crippen LogP contribution is 2.37. The zero-order valence-electron chi connectivity index (χ0n) is 14.5. The zero-order valence-corrected chi connectivity index (χ0v) is 15.3. The van der Waals surface area contributed by atoms with Crippen molar-refractivity contribution in [2.75, 3.05) is 12.4 Å². The van der Waals surface area contributed by atoms with E-state index in [2.05, 4.69) is 20.3 Å². The lowest BCUT2D eigenvalue weighted by molar-refractivity contribution is -0.385. The van der Waals surface area contributed by atoms with Gasteiger partial charge in [0.2, 0.25) is 5.82 Å². The Morgan fingerprint density at radius 3 is 2.68 bits per heavy atom. The second kappa shape index (κ2) is 7.45. The number of hydrogen-bond donors (Lipinski definition) is 1. The number of benzene rings is 2. The molecule has 4 aromatic rings. The first-order chi connectivity index (χ1) is 13.6. The number of thiazole rings is 1. The molecule has 1 N–H and O–H groups in total. The van der Waals surface area contributed by atoms with Crippen LogP contribution in [-0.2, 0) is 0 Å². The molecule has 2 heterocycles. The smallest absolute Gasteiger partial charge is 0.373 e. The number of nitrogens with one attached hydrogen (secondary N) is 1. The van der Waals surface area contributed by atoms with Crippen molar-refractivity contribution in [2.24, 2.45) is 0 Å². The van der Waals surface area contributed by atoms with E-state index in [-0.39, 0.29) is 17.4 Å². The molecule has 140 valence electrons. The molecular formula is C18H13N5O4S. The normalized spacial score (nSPS) is 10.6. The van der Waals surface area contributed by atoms with Crippen LogP contribution in [0, 0.1) is 10.1 Å². The maximum Gasteiger partial charge on any atom is 0.373 e. The number of hydrogen-bond acceptors (Lipinski definition) is 9. The molecule has 0 aliphatic heterocycles. The van der Waals surface area contributed by atoms with Crippen LogP contribution < -0.4 is 14.8 Å². The number of aromatic nitrogens is 3. The third-order valence-electron chi connectivity index (χ3n) is 3.75. The largest absolute Gasteiger partial charge is 0.497 e. The van der Waals surface area contributed by atoms with Gasteiger partial charge in [-0.1, -0.05) is 29.5 Å². The van der Waals surface area contributed by atoms with Crippen LogP contribution in [0.25, 0.3) is 10.2 Å². The van der Waals surface area contributed by atoms with Gasteiger partial charge in [0.25, 0.3) is 0 Å². The molecule has 2 aromatic heterocycles. The van der Waals surface area contributed by atoms with Crippen molar-refractivity contribution >= 4 is 38.2 Å². The van der Waals surface area contributed by atoms with Gasteiger partial charge in [0, 0.05) is 0 Å². The van der Waals surface area contributed by atoms with Crippen LogP contribution in [0.15, 0.2) is 54.9 Å². The van der Waals surface area contributed by atoms with Crippen LogP contribution >= 0.6 is 11.3 Å². The van der Waals surface area contributed by atoms with E-state index in [1.807, 2.05) is 18.2 Å². The molecule has 9 nitrogen and oxygen atoms in total. The SMILES string of the molecule is COc1ccc2nc(Nc3ncnc(Oc4ccccc4)c3[N+](=O)[O-])sc2c1. The summed E-state index contributed by atoms with van der Waals surface area (Å²) in [6, 6.07) is 14.2. The zero-order chi connectivity index (χ0) is 19.5. The number of methoxy groups -OCH3 is 1. The lowest BCUT2D eigenvalue weighted by Gasteiger charge is -2.07. The van der Waals surface area contributed by atoms with E-state index in [0.717, 1.165) is 10.2 Å². The van der Waals surface area contributed by atoms with Gasteiger partial charge < -0.3 is 14.8 Å². The molecule has 28 heavy (non-hydrogen) atoms. The summed E-state index contributed by atoms with van der Waals surface area (Å²) in [6.07, 6.45) is 1.20. The van der Waals surface area contributed by atoms with Crippen LogP contribution in [0.5, 0.6) is 17.4 Å². The molecule has 0 aliphatic rings. The van der Waals surface area contributed by atoms with Gasteiger partial charge in [0.1, 0.15) is 17.8 Å². The van der Waals surface area contributed by atoms with E-state index in [1.54, 1.807) is 37.4 Å². The van der Waals surface area contributed by atoms with Crippen molar-refractivity contribution in [1.29, 1.82) is 0 Å². The first-order valence-electron chi connectivity index (χ1n) is 8.08. The predicted molar refractivity (Wildman–Crippen MR) is 105 cm³/mol. The van der Waals surface area contributed by atoms with Crippen LogP contribution in [0.1, 0.15) is 0 Å². The molecule has 0 unspecified atom stereocenters. The highest BCUT2D eigenvalue weighted by Gasteiger charge is 2.26. The Labute approximate surface area is 162 Å². The molecule has 0 aliphatic carbocycles. The number of ether oxygens (including phenoxy) is 2. The molecule has 4 rings (SSSR count). The molecule has 0 spiro atoms. The molecular weight excluding hydrogens is 382 g/mol. The van der Waals surface area contributed by atoms with Gasteiger partial charge in [-0.2, -0.15) is 4.98 Å². The third kappa shape index (κ3) is 3.53. The Kier molecular flexibility index (Phi) is 4.68. The summed E-state index contributed by atoms with van der Waals surface area (Å²) in [7, 11) is 1.58. The fourth-order valence-corrected chi connectivity index (χ4v) is 3.37.